The molecule has 1 N–H and O–H groups in total. The fourth-order valence-corrected chi connectivity index (χ4v) is 1.84. The highest BCUT2D eigenvalue weighted by Crippen LogP contribution is 2.23. The van der Waals surface area contributed by atoms with E-state index in [1.165, 1.54) is 30.7 Å². The fraction of sp³-hybridized carbons (Fsp3) is 0.278. The summed E-state index contributed by atoms with van der Waals surface area (Å²) in [6, 6.07) is 12.5. The number of benzene rings is 2. The number of aryl methyl sites for hydroxylation is 1. The van der Waals surface area contributed by atoms with Crippen molar-refractivity contribution >= 4 is 17.4 Å². The van der Waals surface area contributed by atoms with E-state index in [-0.39, 0.29) is 16.6 Å². The SMILES string of the molecule is CC(=O)c1ccc(O)c(Cl)c1.CCCOc1ccccc1C. The van der Waals surface area contributed by atoms with Gasteiger partial charge in [-0.15, -0.1) is 0 Å². The number of para-hydroxylation sites is 1. The van der Waals surface area contributed by atoms with Crippen LogP contribution in [0, 0.1) is 6.92 Å². The van der Waals surface area contributed by atoms with Crippen molar-refractivity contribution in [2.24, 2.45) is 0 Å². The topological polar surface area (TPSA) is 46.5 Å². The van der Waals surface area contributed by atoms with Crippen molar-refractivity contribution in [3.8, 4) is 11.5 Å². The van der Waals surface area contributed by atoms with Crippen molar-refractivity contribution in [1.82, 2.24) is 0 Å². The Balaban J connectivity index is 0.000000220. The van der Waals surface area contributed by atoms with E-state index in [0.717, 1.165) is 18.8 Å². The number of phenols is 1. The molecule has 0 radical (unpaired) electrons. The van der Waals surface area contributed by atoms with Crippen molar-refractivity contribution in [2.45, 2.75) is 27.2 Å². The molecule has 0 saturated heterocycles. The fourth-order valence-electron chi connectivity index (χ4n) is 1.66. The van der Waals surface area contributed by atoms with Gasteiger partial charge in [0, 0.05) is 5.56 Å². The van der Waals surface area contributed by atoms with E-state index in [2.05, 4.69) is 19.9 Å². The maximum absolute atomic E-state index is 10.8. The van der Waals surface area contributed by atoms with Gasteiger partial charge in [-0.1, -0.05) is 36.7 Å². The lowest BCUT2D eigenvalue weighted by molar-refractivity contribution is 0.101. The molecule has 3 nitrogen and oxygen atoms in total. The Labute approximate surface area is 136 Å². The van der Waals surface area contributed by atoms with Gasteiger partial charge in [0.2, 0.25) is 0 Å². The summed E-state index contributed by atoms with van der Waals surface area (Å²) in [4.78, 5) is 10.8. The van der Waals surface area contributed by atoms with Gasteiger partial charge in [0.25, 0.3) is 0 Å². The largest absolute Gasteiger partial charge is 0.506 e. The molecule has 4 heteroatoms. The third kappa shape index (κ3) is 5.78. The lowest BCUT2D eigenvalue weighted by Gasteiger charge is -2.06. The third-order valence-corrected chi connectivity index (χ3v) is 3.21. The minimum atomic E-state index is -0.0631. The Kier molecular flexibility index (Phi) is 7.47. The first-order valence-corrected chi connectivity index (χ1v) is 7.51. The summed E-state index contributed by atoms with van der Waals surface area (Å²) < 4.78 is 5.49. The van der Waals surface area contributed by atoms with E-state index in [4.69, 9.17) is 21.4 Å². The molecule has 2 rings (SSSR count). The van der Waals surface area contributed by atoms with Crippen LogP contribution in [-0.2, 0) is 0 Å². The van der Waals surface area contributed by atoms with Crippen molar-refractivity contribution in [2.75, 3.05) is 6.61 Å². The molecule has 22 heavy (non-hydrogen) atoms. The molecule has 0 aliphatic heterocycles. The average molecular weight is 321 g/mol. The first kappa shape index (κ1) is 18.1. The highest BCUT2D eigenvalue weighted by molar-refractivity contribution is 6.32. The van der Waals surface area contributed by atoms with Crippen LogP contribution >= 0.6 is 11.6 Å². The number of aromatic hydroxyl groups is 1. The monoisotopic (exact) mass is 320 g/mol. The molecule has 118 valence electrons. The number of hydrogen-bond acceptors (Lipinski definition) is 3. The first-order chi connectivity index (χ1) is 10.5. The Bertz CT molecular complexity index is 623. The van der Waals surface area contributed by atoms with Gasteiger partial charge in [0.15, 0.2) is 5.78 Å². The minimum absolute atomic E-state index is 0.00309. The van der Waals surface area contributed by atoms with Crippen LogP contribution in [0.5, 0.6) is 11.5 Å². The van der Waals surface area contributed by atoms with Crippen molar-refractivity contribution < 1.29 is 14.6 Å². The van der Waals surface area contributed by atoms with E-state index < -0.39 is 0 Å². The van der Waals surface area contributed by atoms with Crippen LogP contribution in [0.3, 0.4) is 0 Å². The summed E-state index contributed by atoms with van der Waals surface area (Å²) in [7, 11) is 0. The molecule has 0 heterocycles. The number of phenolic OH excluding ortho intramolecular Hbond substituents is 1. The van der Waals surface area contributed by atoms with Crippen LogP contribution in [0.4, 0.5) is 0 Å². The highest BCUT2D eigenvalue weighted by Gasteiger charge is 2.02. The number of ketones is 1. The molecule has 0 aliphatic carbocycles. The molecule has 0 bridgehead atoms. The van der Waals surface area contributed by atoms with Crippen LogP contribution in [0.15, 0.2) is 42.5 Å². The molecular weight excluding hydrogens is 300 g/mol. The van der Waals surface area contributed by atoms with Crippen molar-refractivity contribution in [3.05, 3.63) is 58.6 Å². The Morgan fingerprint density at radius 3 is 2.45 bits per heavy atom. The van der Waals surface area contributed by atoms with Gasteiger partial charge in [-0.2, -0.15) is 0 Å². The second-order valence-corrected chi connectivity index (χ2v) is 5.24. The Morgan fingerprint density at radius 2 is 1.91 bits per heavy atom. The maximum atomic E-state index is 10.8. The van der Waals surface area contributed by atoms with E-state index in [0.29, 0.717) is 5.56 Å². The molecule has 0 unspecified atom stereocenters. The predicted octanol–water partition coefficient (Wildman–Crippen LogP) is 5.03. The van der Waals surface area contributed by atoms with Crippen LogP contribution in [0.25, 0.3) is 0 Å². The minimum Gasteiger partial charge on any atom is -0.506 e. The lowest BCUT2D eigenvalue weighted by atomic mass is 10.1. The maximum Gasteiger partial charge on any atom is 0.159 e. The second kappa shape index (κ2) is 9.11. The third-order valence-electron chi connectivity index (χ3n) is 2.91. The summed E-state index contributed by atoms with van der Waals surface area (Å²) in [6.45, 7) is 6.43. The number of hydrogen-bond donors (Lipinski definition) is 1. The van der Waals surface area contributed by atoms with Crippen LogP contribution in [-0.4, -0.2) is 17.5 Å². The smallest absolute Gasteiger partial charge is 0.159 e. The number of carbonyl (C=O) groups excluding carboxylic acids is 1. The quantitative estimate of drug-likeness (QED) is 0.803. The molecule has 0 fully saturated rings. The predicted molar refractivity (Wildman–Crippen MR) is 90.1 cm³/mol. The Morgan fingerprint density at radius 1 is 1.23 bits per heavy atom. The molecule has 2 aromatic rings. The summed E-state index contributed by atoms with van der Waals surface area (Å²) in [5, 5.41) is 9.19. The summed E-state index contributed by atoms with van der Waals surface area (Å²) in [5.74, 6) is 0.943. The van der Waals surface area contributed by atoms with E-state index >= 15 is 0 Å². The van der Waals surface area contributed by atoms with Gasteiger partial charge < -0.3 is 9.84 Å². The van der Waals surface area contributed by atoms with Crippen molar-refractivity contribution in [1.29, 1.82) is 0 Å². The zero-order valence-electron chi connectivity index (χ0n) is 13.1. The first-order valence-electron chi connectivity index (χ1n) is 7.13. The summed E-state index contributed by atoms with van der Waals surface area (Å²) >= 11 is 5.56. The number of Topliss-reactive ketones (excluding diaryl/α,β-unsaturated/α-hetero) is 1. The van der Waals surface area contributed by atoms with Gasteiger partial charge >= 0.3 is 0 Å². The van der Waals surface area contributed by atoms with Gasteiger partial charge in [-0.3, -0.25) is 4.79 Å². The molecule has 0 aliphatic rings. The summed E-state index contributed by atoms with van der Waals surface area (Å²) in [6.07, 6.45) is 1.06. The Hall–Kier alpha value is -2.00. The van der Waals surface area contributed by atoms with Gasteiger partial charge in [-0.05, 0) is 50.1 Å². The molecule has 0 spiro atoms. The van der Waals surface area contributed by atoms with Gasteiger partial charge in [0.05, 0.1) is 11.6 Å². The number of rotatable bonds is 4. The summed E-state index contributed by atoms with van der Waals surface area (Å²) in [5.41, 5.74) is 1.72. The van der Waals surface area contributed by atoms with Crippen LogP contribution < -0.4 is 4.74 Å². The lowest BCUT2D eigenvalue weighted by Crippen LogP contribution is -1.95. The molecule has 0 saturated carbocycles. The van der Waals surface area contributed by atoms with Gasteiger partial charge in [-0.25, -0.2) is 0 Å². The zero-order valence-corrected chi connectivity index (χ0v) is 13.9. The van der Waals surface area contributed by atoms with E-state index in [1.807, 2.05) is 18.2 Å². The van der Waals surface area contributed by atoms with Gasteiger partial charge in [0.1, 0.15) is 11.5 Å². The second-order valence-electron chi connectivity index (χ2n) is 4.84. The van der Waals surface area contributed by atoms with Crippen LogP contribution in [0.1, 0.15) is 36.2 Å². The molecule has 0 atom stereocenters. The zero-order chi connectivity index (χ0) is 16.5. The van der Waals surface area contributed by atoms with E-state index in [9.17, 15) is 4.79 Å². The standard InChI is InChI=1S/C10H14O.C8H7ClO2/c1-3-8-11-10-7-5-4-6-9(10)2;1-5(10)6-2-3-8(11)7(9)4-6/h4-7H,3,8H2,1-2H3;2-4,11H,1H3. The average Bonchev–Trinajstić information content (AvgIpc) is 2.50. The number of halogens is 1. The normalized spacial score (nSPS) is 9.64. The molecule has 0 aromatic heterocycles. The highest BCUT2D eigenvalue weighted by atomic mass is 35.5. The number of ether oxygens (including phenoxy) is 1. The van der Waals surface area contributed by atoms with E-state index in [1.54, 1.807) is 0 Å². The van der Waals surface area contributed by atoms with Crippen molar-refractivity contribution in [3.63, 3.8) is 0 Å². The number of carbonyl (C=O) groups is 1. The molecule has 2 aromatic carbocycles. The van der Waals surface area contributed by atoms with Crippen LogP contribution in [0.2, 0.25) is 5.02 Å². The molecular formula is C18H21ClO3. The molecule has 0 amide bonds.